The monoisotopic (exact) mass is 207 g/mol. The number of aliphatic hydroxyl groups excluding tert-OH is 2. The summed E-state index contributed by atoms with van der Waals surface area (Å²) in [5.41, 5.74) is 3.65. The molecule has 1 aromatic rings. The molecule has 2 rings (SSSR count). The molecule has 0 aliphatic carbocycles. The van der Waals surface area contributed by atoms with Crippen LogP contribution in [0.4, 0.5) is 0 Å². The molecule has 0 bridgehead atoms. The first-order valence-corrected chi connectivity index (χ1v) is 5.38. The van der Waals surface area contributed by atoms with Crippen molar-refractivity contribution in [1.82, 2.24) is 4.90 Å². The molecular weight excluding hydrogens is 190 g/mol. The van der Waals surface area contributed by atoms with E-state index in [-0.39, 0.29) is 13.2 Å². The summed E-state index contributed by atoms with van der Waals surface area (Å²) in [6.07, 6.45) is 0.834. The van der Waals surface area contributed by atoms with Crippen molar-refractivity contribution < 1.29 is 10.2 Å². The molecule has 0 fully saturated rings. The van der Waals surface area contributed by atoms with Crippen LogP contribution >= 0.6 is 0 Å². The smallest absolute Gasteiger partial charge is 0.0681 e. The highest BCUT2D eigenvalue weighted by Crippen LogP contribution is 2.23. The van der Waals surface area contributed by atoms with Crippen LogP contribution in [0, 0.1) is 0 Å². The van der Waals surface area contributed by atoms with E-state index in [1.165, 1.54) is 11.1 Å². The Morgan fingerprint density at radius 1 is 1.13 bits per heavy atom. The number of rotatable bonds is 4. The van der Waals surface area contributed by atoms with Crippen molar-refractivity contribution in [3.63, 3.8) is 0 Å². The van der Waals surface area contributed by atoms with Crippen molar-refractivity contribution in [3.8, 4) is 0 Å². The molecule has 3 nitrogen and oxygen atoms in total. The maximum absolute atomic E-state index is 9.03. The van der Waals surface area contributed by atoms with Gasteiger partial charge in [0.2, 0.25) is 0 Å². The van der Waals surface area contributed by atoms with Gasteiger partial charge in [0.1, 0.15) is 0 Å². The summed E-state index contributed by atoms with van der Waals surface area (Å²) in [5, 5.41) is 17.8. The molecule has 1 aromatic carbocycles. The quantitative estimate of drug-likeness (QED) is 0.770. The molecule has 0 aromatic heterocycles. The summed E-state index contributed by atoms with van der Waals surface area (Å²) >= 11 is 0. The maximum atomic E-state index is 9.03. The fourth-order valence-electron chi connectivity index (χ4n) is 2.07. The highest BCUT2D eigenvalue weighted by molar-refractivity contribution is 5.34. The van der Waals surface area contributed by atoms with Crippen LogP contribution in [0.15, 0.2) is 18.2 Å². The minimum atomic E-state index is 0.115. The summed E-state index contributed by atoms with van der Waals surface area (Å²) in [6, 6.07) is 6.16. The van der Waals surface area contributed by atoms with Crippen molar-refractivity contribution in [1.29, 1.82) is 0 Å². The van der Waals surface area contributed by atoms with Crippen LogP contribution in [0.1, 0.15) is 23.1 Å². The summed E-state index contributed by atoms with van der Waals surface area (Å²) < 4.78 is 0. The second-order valence-corrected chi connectivity index (χ2v) is 4.05. The molecule has 0 saturated carbocycles. The normalized spacial score (nSPS) is 15.6. The predicted molar refractivity (Wildman–Crippen MR) is 58.2 cm³/mol. The van der Waals surface area contributed by atoms with Gasteiger partial charge in [-0.2, -0.15) is 0 Å². The Labute approximate surface area is 90.0 Å². The van der Waals surface area contributed by atoms with Gasteiger partial charge in [-0.3, -0.25) is 4.90 Å². The van der Waals surface area contributed by atoms with E-state index in [0.29, 0.717) is 0 Å². The van der Waals surface area contributed by atoms with Crippen molar-refractivity contribution in [2.24, 2.45) is 0 Å². The van der Waals surface area contributed by atoms with Crippen molar-refractivity contribution in [2.45, 2.75) is 26.1 Å². The van der Waals surface area contributed by atoms with Gasteiger partial charge in [-0.25, -0.2) is 0 Å². The van der Waals surface area contributed by atoms with Crippen molar-refractivity contribution in [3.05, 3.63) is 34.9 Å². The fourth-order valence-corrected chi connectivity index (χ4v) is 2.07. The van der Waals surface area contributed by atoms with Crippen LogP contribution in [-0.4, -0.2) is 28.3 Å². The Kier molecular flexibility index (Phi) is 3.36. The second kappa shape index (κ2) is 4.75. The lowest BCUT2D eigenvalue weighted by Gasteiger charge is -2.12. The number of hydrogen-bond acceptors (Lipinski definition) is 3. The van der Waals surface area contributed by atoms with Gasteiger partial charge in [-0.05, 0) is 23.1 Å². The Balaban J connectivity index is 2.03. The van der Waals surface area contributed by atoms with E-state index >= 15 is 0 Å². The predicted octanol–water partition coefficient (Wildman–Crippen LogP) is 0.877. The average molecular weight is 207 g/mol. The maximum Gasteiger partial charge on any atom is 0.0681 e. The zero-order valence-corrected chi connectivity index (χ0v) is 8.82. The lowest BCUT2D eigenvalue weighted by atomic mass is 10.1. The number of benzene rings is 1. The van der Waals surface area contributed by atoms with Crippen LogP contribution < -0.4 is 0 Å². The van der Waals surface area contributed by atoms with Crippen LogP contribution in [0.25, 0.3) is 0 Å². The third-order valence-electron chi connectivity index (χ3n) is 2.87. The Morgan fingerprint density at radius 3 is 2.67 bits per heavy atom. The summed E-state index contributed by atoms with van der Waals surface area (Å²) in [7, 11) is 0. The van der Waals surface area contributed by atoms with E-state index in [9.17, 15) is 0 Å². The van der Waals surface area contributed by atoms with E-state index < -0.39 is 0 Å². The highest BCUT2D eigenvalue weighted by atomic mass is 16.3. The molecule has 0 radical (unpaired) electrons. The molecular formula is C12H17NO2. The first-order valence-electron chi connectivity index (χ1n) is 5.38. The van der Waals surface area contributed by atoms with Crippen LogP contribution in [0.3, 0.4) is 0 Å². The van der Waals surface area contributed by atoms with E-state index in [2.05, 4.69) is 17.0 Å². The van der Waals surface area contributed by atoms with Crippen LogP contribution in [0.2, 0.25) is 0 Å². The molecule has 0 atom stereocenters. The van der Waals surface area contributed by atoms with Gasteiger partial charge in [0.25, 0.3) is 0 Å². The van der Waals surface area contributed by atoms with E-state index in [1.54, 1.807) is 0 Å². The molecule has 2 N–H and O–H groups in total. The van der Waals surface area contributed by atoms with E-state index in [0.717, 1.165) is 31.6 Å². The van der Waals surface area contributed by atoms with E-state index in [1.807, 2.05) is 6.07 Å². The number of aliphatic hydroxyl groups is 2. The molecule has 1 heterocycles. The standard InChI is InChI=1S/C12H17NO2/c14-5-1-4-13-7-11-3-2-10(9-15)6-12(11)8-13/h2-3,6,14-15H,1,4-5,7-9H2. The largest absolute Gasteiger partial charge is 0.396 e. The minimum Gasteiger partial charge on any atom is -0.396 e. The fraction of sp³-hybridized carbons (Fsp3) is 0.500. The number of nitrogens with zero attached hydrogens (tertiary/aromatic N) is 1. The Bertz CT molecular complexity index is 338. The van der Waals surface area contributed by atoms with E-state index in [4.69, 9.17) is 10.2 Å². The summed E-state index contributed by atoms with van der Waals surface area (Å²) in [4.78, 5) is 2.32. The first-order chi connectivity index (χ1) is 7.33. The molecule has 0 amide bonds. The van der Waals surface area contributed by atoms with Crippen molar-refractivity contribution in [2.75, 3.05) is 13.2 Å². The summed E-state index contributed by atoms with van der Waals surface area (Å²) in [5.74, 6) is 0. The second-order valence-electron chi connectivity index (χ2n) is 4.05. The zero-order chi connectivity index (χ0) is 10.7. The number of fused-ring (bicyclic) bond motifs is 1. The van der Waals surface area contributed by atoms with Gasteiger partial charge >= 0.3 is 0 Å². The minimum absolute atomic E-state index is 0.115. The molecule has 1 aliphatic heterocycles. The molecule has 0 saturated heterocycles. The first kappa shape index (κ1) is 10.6. The Hall–Kier alpha value is -0.900. The average Bonchev–Trinajstić information content (AvgIpc) is 2.67. The zero-order valence-electron chi connectivity index (χ0n) is 8.82. The molecule has 3 heteroatoms. The third-order valence-corrected chi connectivity index (χ3v) is 2.87. The van der Waals surface area contributed by atoms with Gasteiger partial charge in [-0.15, -0.1) is 0 Å². The lowest BCUT2D eigenvalue weighted by molar-refractivity contribution is 0.226. The third kappa shape index (κ3) is 2.37. The van der Waals surface area contributed by atoms with Crippen LogP contribution in [-0.2, 0) is 19.7 Å². The van der Waals surface area contributed by atoms with Crippen molar-refractivity contribution >= 4 is 0 Å². The van der Waals surface area contributed by atoms with Gasteiger partial charge in [-0.1, -0.05) is 18.2 Å². The van der Waals surface area contributed by atoms with Gasteiger partial charge < -0.3 is 10.2 Å². The van der Waals surface area contributed by atoms with Gasteiger partial charge in [0.15, 0.2) is 0 Å². The molecule has 1 aliphatic rings. The molecule has 15 heavy (non-hydrogen) atoms. The van der Waals surface area contributed by atoms with Gasteiger partial charge in [0, 0.05) is 26.2 Å². The highest BCUT2D eigenvalue weighted by Gasteiger charge is 2.18. The summed E-state index contributed by atoms with van der Waals surface area (Å²) in [6.45, 7) is 3.24. The molecule has 82 valence electrons. The topological polar surface area (TPSA) is 43.7 Å². The van der Waals surface area contributed by atoms with Gasteiger partial charge in [0.05, 0.1) is 6.61 Å². The molecule has 0 spiro atoms. The molecule has 0 unspecified atom stereocenters. The SMILES string of the molecule is OCCCN1Cc2ccc(CO)cc2C1. The Morgan fingerprint density at radius 2 is 1.93 bits per heavy atom. The van der Waals surface area contributed by atoms with Crippen LogP contribution in [0.5, 0.6) is 0 Å². The number of hydrogen-bond donors (Lipinski definition) is 2. The lowest BCUT2D eigenvalue weighted by Crippen LogP contribution is -2.18.